The summed E-state index contributed by atoms with van der Waals surface area (Å²) in [6.45, 7) is 2.81. The number of sulfone groups is 1. The van der Waals surface area contributed by atoms with E-state index in [1.807, 2.05) is 0 Å². The Hall–Kier alpha value is -2.45. The van der Waals surface area contributed by atoms with Crippen molar-refractivity contribution < 1.29 is 22.4 Å². The molecule has 0 saturated carbocycles. The Morgan fingerprint density at radius 2 is 1.53 bits per heavy atom. The molecule has 0 atom stereocenters. The molecule has 1 saturated heterocycles. The number of nitrogens with zero attached hydrogens (tertiary/aromatic N) is 2. The zero-order chi connectivity index (χ0) is 21.9. The molecule has 1 aliphatic heterocycles. The third-order valence-corrected chi connectivity index (χ3v) is 7.23. The smallest absolute Gasteiger partial charge is 0.255 e. The Kier molecular flexibility index (Phi) is 6.77. The van der Waals surface area contributed by atoms with Gasteiger partial charge in [0, 0.05) is 26.2 Å². The number of benzene rings is 2. The van der Waals surface area contributed by atoms with E-state index < -0.39 is 15.7 Å². The summed E-state index contributed by atoms with van der Waals surface area (Å²) in [5.74, 6) is -1.27. The van der Waals surface area contributed by atoms with Crippen LogP contribution in [0, 0.1) is 5.82 Å². The van der Waals surface area contributed by atoms with Crippen molar-refractivity contribution in [3.8, 4) is 0 Å². The van der Waals surface area contributed by atoms with Crippen molar-refractivity contribution >= 4 is 33.3 Å². The first-order valence-electron chi connectivity index (χ1n) is 9.60. The van der Waals surface area contributed by atoms with E-state index in [0.29, 0.717) is 6.42 Å². The van der Waals surface area contributed by atoms with Gasteiger partial charge < -0.3 is 9.80 Å². The van der Waals surface area contributed by atoms with Gasteiger partial charge in [0.15, 0.2) is 9.84 Å². The Labute approximate surface area is 180 Å². The van der Waals surface area contributed by atoms with Gasteiger partial charge in [-0.05, 0) is 36.8 Å². The standard InChI is InChI=1S/C21H22ClFN2O4S/c1-2-13-30(28,29)19-6-4-3-5-17(19)21(27)25-11-9-24(10-12-25)20(26)16-8-7-15(23)14-18(16)22/h3-8,14H,2,9-13H2,1H3. The quantitative estimate of drug-likeness (QED) is 0.697. The highest BCUT2D eigenvalue weighted by molar-refractivity contribution is 7.91. The number of amides is 2. The summed E-state index contributed by atoms with van der Waals surface area (Å²) >= 11 is 5.98. The molecule has 0 N–H and O–H groups in total. The molecule has 0 aliphatic carbocycles. The molecule has 2 aromatic rings. The highest BCUT2D eigenvalue weighted by Crippen LogP contribution is 2.22. The fraction of sp³-hybridized carbons (Fsp3) is 0.333. The predicted octanol–water partition coefficient (Wildman–Crippen LogP) is 3.26. The summed E-state index contributed by atoms with van der Waals surface area (Å²) in [7, 11) is -3.55. The second kappa shape index (κ2) is 9.14. The third-order valence-electron chi connectivity index (χ3n) is 4.94. The Balaban J connectivity index is 1.73. The van der Waals surface area contributed by atoms with Gasteiger partial charge in [0.25, 0.3) is 11.8 Å². The maximum atomic E-state index is 13.2. The van der Waals surface area contributed by atoms with E-state index in [0.717, 1.165) is 6.07 Å². The first-order valence-corrected chi connectivity index (χ1v) is 11.6. The average Bonchev–Trinajstić information content (AvgIpc) is 2.73. The molecule has 9 heteroatoms. The van der Waals surface area contributed by atoms with Crippen LogP contribution >= 0.6 is 11.6 Å². The molecule has 1 heterocycles. The van der Waals surface area contributed by atoms with Crippen LogP contribution in [0.1, 0.15) is 34.1 Å². The van der Waals surface area contributed by atoms with E-state index in [-0.39, 0.29) is 64.8 Å². The molecule has 0 spiro atoms. The zero-order valence-corrected chi connectivity index (χ0v) is 18.0. The van der Waals surface area contributed by atoms with Crippen LogP contribution in [0.4, 0.5) is 4.39 Å². The fourth-order valence-electron chi connectivity index (χ4n) is 3.41. The fourth-order valence-corrected chi connectivity index (χ4v) is 5.19. The van der Waals surface area contributed by atoms with E-state index >= 15 is 0 Å². The largest absolute Gasteiger partial charge is 0.335 e. The Morgan fingerprint density at radius 3 is 2.10 bits per heavy atom. The lowest BCUT2D eigenvalue weighted by molar-refractivity contribution is 0.0533. The molecule has 1 aliphatic rings. The molecule has 0 aromatic heterocycles. The molecule has 1 fully saturated rings. The van der Waals surface area contributed by atoms with E-state index in [4.69, 9.17) is 11.6 Å². The van der Waals surface area contributed by atoms with Crippen LogP contribution in [0.3, 0.4) is 0 Å². The molecule has 0 bridgehead atoms. The van der Waals surface area contributed by atoms with Crippen molar-refractivity contribution in [2.24, 2.45) is 0 Å². The summed E-state index contributed by atoms with van der Waals surface area (Å²) < 4.78 is 38.3. The van der Waals surface area contributed by atoms with Crippen LogP contribution < -0.4 is 0 Å². The molecule has 6 nitrogen and oxygen atoms in total. The van der Waals surface area contributed by atoms with Gasteiger partial charge in [-0.15, -0.1) is 0 Å². The number of piperazine rings is 1. The van der Waals surface area contributed by atoms with Crippen LogP contribution in [0.2, 0.25) is 5.02 Å². The van der Waals surface area contributed by atoms with Gasteiger partial charge >= 0.3 is 0 Å². The van der Waals surface area contributed by atoms with Crippen LogP contribution in [0.15, 0.2) is 47.4 Å². The Bertz CT molecular complexity index is 1070. The molecular formula is C21H22ClFN2O4S. The topological polar surface area (TPSA) is 74.8 Å². The maximum absolute atomic E-state index is 13.2. The minimum Gasteiger partial charge on any atom is -0.335 e. The van der Waals surface area contributed by atoms with Crippen LogP contribution in [-0.2, 0) is 9.84 Å². The van der Waals surface area contributed by atoms with Crippen molar-refractivity contribution in [3.63, 3.8) is 0 Å². The van der Waals surface area contributed by atoms with Crippen molar-refractivity contribution in [1.82, 2.24) is 9.80 Å². The van der Waals surface area contributed by atoms with Gasteiger partial charge in [0.05, 0.1) is 26.8 Å². The third kappa shape index (κ3) is 4.65. The van der Waals surface area contributed by atoms with E-state index in [9.17, 15) is 22.4 Å². The van der Waals surface area contributed by atoms with E-state index in [1.165, 1.54) is 29.2 Å². The van der Waals surface area contributed by atoms with Gasteiger partial charge in [-0.25, -0.2) is 12.8 Å². The normalized spacial score (nSPS) is 14.6. The lowest BCUT2D eigenvalue weighted by Gasteiger charge is -2.35. The lowest BCUT2D eigenvalue weighted by atomic mass is 10.1. The highest BCUT2D eigenvalue weighted by atomic mass is 35.5. The zero-order valence-electron chi connectivity index (χ0n) is 16.5. The maximum Gasteiger partial charge on any atom is 0.255 e. The van der Waals surface area contributed by atoms with Gasteiger partial charge in [-0.3, -0.25) is 9.59 Å². The minimum absolute atomic E-state index is 0.0298. The molecule has 2 aromatic carbocycles. The molecule has 0 unspecified atom stereocenters. The molecule has 160 valence electrons. The first kappa shape index (κ1) is 22.2. The summed E-state index contributed by atoms with van der Waals surface area (Å²) in [6, 6.07) is 9.80. The van der Waals surface area contributed by atoms with E-state index in [1.54, 1.807) is 24.0 Å². The van der Waals surface area contributed by atoms with Crippen LogP contribution in [0.5, 0.6) is 0 Å². The number of carbonyl (C=O) groups excluding carboxylic acids is 2. The van der Waals surface area contributed by atoms with Gasteiger partial charge in [0.2, 0.25) is 0 Å². The van der Waals surface area contributed by atoms with Gasteiger partial charge in [0.1, 0.15) is 5.82 Å². The number of carbonyl (C=O) groups is 2. The second-order valence-electron chi connectivity index (χ2n) is 7.02. The van der Waals surface area contributed by atoms with E-state index in [2.05, 4.69) is 0 Å². The van der Waals surface area contributed by atoms with Crippen LogP contribution in [-0.4, -0.2) is 62.0 Å². The molecule has 2 amide bonds. The number of hydrogen-bond acceptors (Lipinski definition) is 4. The first-order chi connectivity index (χ1) is 14.2. The highest BCUT2D eigenvalue weighted by Gasteiger charge is 2.29. The molecular weight excluding hydrogens is 431 g/mol. The van der Waals surface area contributed by atoms with Crippen molar-refractivity contribution in [3.05, 3.63) is 64.4 Å². The van der Waals surface area contributed by atoms with Crippen molar-refractivity contribution in [2.45, 2.75) is 18.2 Å². The second-order valence-corrected chi connectivity index (χ2v) is 9.51. The molecule has 30 heavy (non-hydrogen) atoms. The summed E-state index contributed by atoms with van der Waals surface area (Å²) in [5, 5.41) is 0.0357. The lowest BCUT2D eigenvalue weighted by Crippen LogP contribution is -2.50. The monoisotopic (exact) mass is 452 g/mol. The predicted molar refractivity (Wildman–Crippen MR) is 112 cm³/mol. The summed E-state index contributed by atoms with van der Waals surface area (Å²) in [5.41, 5.74) is 0.348. The number of halogens is 2. The average molecular weight is 453 g/mol. The van der Waals surface area contributed by atoms with Gasteiger partial charge in [-0.1, -0.05) is 30.7 Å². The SMILES string of the molecule is CCCS(=O)(=O)c1ccccc1C(=O)N1CCN(C(=O)c2ccc(F)cc2Cl)CC1. The molecule has 0 radical (unpaired) electrons. The number of hydrogen-bond donors (Lipinski definition) is 0. The summed E-state index contributed by atoms with van der Waals surface area (Å²) in [6.07, 6.45) is 0.456. The van der Waals surface area contributed by atoms with Gasteiger partial charge in [-0.2, -0.15) is 0 Å². The van der Waals surface area contributed by atoms with Crippen LogP contribution in [0.25, 0.3) is 0 Å². The number of rotatable bonds is 5. The summed E-state index contributed by atoms with van der Waals surface area (Å²) in [4.78, 5) is 28.8. The van der Waals surface area contributed by atoms with Crippen molar-refractivity contribution in [2.75, 3.05) is 31.9 Å². The minimum atomic E-state index is -3.55. The Morgan fingerprint density at radius 1 is 0.967 bits per heavy atom. The van der Waals surface area contributed by atoms with Crippen molar-refractivity contribution in [1.29, 1.82) is 0 Å². The molecule has 3 rings (SSSR count).